The second-order valence-corrected chi connectivity index (χ2v) is 5.81. The topological polar surface area (TPSA) is 66.4 Å². The van der Waals surface area contributed by atoms with Crippen LogP contribution < -0.4 is 5.32 Å². The SMILES string of the molecule is Cc1ccc(C)c(NCCCCS(=O)(=O)O)c1. The molecule has 0 aliphatic rings. The number of nitrogens with one attached hydrogen (secondary N) is 1. The van der Waals surface area contributed by atoms with Crippen LogP contribution in [0.1, 0.15) is 24.0 Å². The third kappa shape index (κ3) is 5.70. The maximum atomic E-state index is 10.5. The summed E-state index contributed by atoms with van der Waals surface area (Å²) in [5.74, 6) is -0.165. The van der Waals surface area contributed by atoms with E-state index in [1.165, 1.54) is 11.1 Å². The first kappa shape index (κ1) is 14.0. The molecule has 0 spiro atoms. The van der Waals surface area contributed by atoms with Crippen molar-refractivity contribution in [3.8, 4) is 0 Å². The number of hydrogen-bond donors (Lipinski definition) is 2. The highest BCUT2D eigenvalue weighted by Gasteiger charge is 2.03. The predicted molar refractivity (Wildman–Crippen MR) is 70.1 cm³/mol. The lowest BCUT2D eigenvalue weighted by atomic mass is 10.1. The summed E-state index contributed by atoms with van der Waals surface area (Å²) >= 11 is 0. The number of rotatable bonds is 6. The molecule has 0 heterocycles. The van der Waals surface area contributed by atoms with Crippen molar-refractivity contribution < 1.29 is 13.0 Å². The normalized spacial score (nSPS) is 11.5. The maximum absolute atomic E-state index is 10.5. The van der Waals surface area contributed by atoms with Gasteiger partial charge in [0.05, 0.1) is 5.75 Å². The number of anilines is 1. The van der Waals surface area contributed by atoms with E-state index in [0.29, 0.717) is 19.4 Å². The summed E-state index contributed by atoms with van der Waals surface area (Å²) in [5, 5.41) is 3.26. The van der Waals surface area contributed by atoms with Gasteiger partial charge in [-0.05, 0) is 43.9 Å². The summed E-state index contributed by atoms with van der Waals surface area (Å²) in [6, 6.07) is 6.17. The molecule has 0 fully saturated rings. The Hall–Kier alpha value is -1.07. The fraction of sp³-hybridized carbons (Fsp3) is 0.500. The molecule has 0 bridgehead atoms. The number of hydrogen-bond acceptors (Lipinski definition) is 3. The number of unbranched alkanes of at least 4 members (excludes halogenated alkanes) is 1. The fourth-order valence-electron chi connectivity index (χ4n) is 1.56. The lowest BCUT2D eigenvalue weighted by molar-refractivity contribution is 0.480. The molecule has 17 heavy (non-hydrogen) atoms. The molecule has 0 radical (unpaired) electrons. The van der Waals surface area contributed by atoms with Gasteiger partial charge in [-0.3, -0.25) is 4.55 Å². The molecule has 1 aromatic rings. The molecule has 96 valence electrons. The van der Waals surface area contributed by atoms with Gasteiger partial charge >= 0.3 is 0 Å². The van der Waals surface area contributed by atoms with Crippen LogP contribution in [0.3, 0.4) is 0 Å². The van der Waals surface area contributed by atoms with Crippen LogP contribution in [0.25, 0.3) is 0 Å². The van der Waals surface area contributed by atoms with Crippen molar-refractivity contribution in [1.29, 1.82) is 0 Å². The minimum atomic E-state index is -3.81. The zero-order chi connectivity index (χ0) is 12.9. The van der Waals surface area contributed by atoms with E-state index in [9.17, 15) is 8.42 Å². The van der Waals surface area contributed by atoms with E-state index in [0.717, 1.165) is 5.69 Å². The maximum Gasteiger partial charge on any atom is 0.264 e. The molecule has 0 saturated carbocycles. The van der Waals surface area contributed by atoms with Gasteiger partial charge < -0.3 is 5.32 Å². The van der Waals surface area contributed by atoms with Crippen LogP contribution in [0.5, 0.6) is 0 Å². The van der Waals surface area contributed by atoms with Crippen molar-refractivity contribution in [1.82, 2.24) is 0 Å². The first-order valence-corrected chi connectivity index (χ1v) is 7.26. The van der Waals surface area contributed by atoms with E-state index >= 15 is 0 Å². The van der Waals surface area contributed by atoms with Gasteiger partial charge in [0.25, 0.3) is 10.1 Å². The van der Waals surface area contributed by atoms with Gasteiger partial charge in [-0.25, -0.2) is 0 Å². The quantitative estimate of drug-likeness (QED) is 0.606. The van der Waals surface area contributed by atoms with Crippen LogP contribution in [-0.2, 0) is 10.1 Å². The van der Waals surface area contributed by atoms with Crippen LogP contribution in [0.15, 0.2) is 18.2 Å². The van der Waals surface area contributed by atoms with Crippen LogP contribution in [-0.4, -0.2) is 25.3 Å². The molecule has 5 heteroatoms. The van der Waals surface area contributed by atoms with Crippen LogP contribution in [0.2, 0.25) is 0 Å². The molecule has 4 nitrogen and oxygen atoms in total. The highest BCUT2D eigenvalue weighted by atomic mass is 32.2. The molecular weight excluding hydrogens is 238 g/mol. The zero-order valence-corrected chi connectivity index (χ0v) is 11.0. The van der Waals surface area contributed by atoms with Gasteiger partial charge in [0.1, 0.15) is 0 Å². The number of aryl methyl sites for hydroxylation is 2. The molecule has 0 aliphatic carbocycles. The second kappa shape index (κ2) is 6.02. The summed E-state index contributed by atoms with van der Waals surface area (Å²) in [7, 11) is -3.81. The highest BCUT2D eigenvalue weighted by Crippen LogP contribution is 2.16. The smallest absolute Gasteiger partial charge is 0.264 e. The lowest BCUT2D eigenvalue weighted by Gasteiger charge is -2.10. The van der Waals surface area contributed by atoms with E-state index in [1.54, 1.807) is 0 Å². The minimum absolute atomic E-state index is 0.165. The van der Waals surface area contributed by atoms with Gasteiger partial charge in [-0.2, -0.15) is 8.42 Å². The van der Waals surface area contributed by atoms with Gasteiger partial charge in [0.2, 0.25) is 0 Å². The van der Waals surface area contributed by atoms with Crippen molar-refractivity contribution in [2.24, 2.45) is 0 Å². The Bertz CT molecular complexity index is 469. The molecule has 1 rings (SSSR count). The van der Waals surface area contributed by atoms with Crippen molar-refractivity contribution in [2.45, 2.75) is 26.7 Å². The first-order chi connectivity index (χ1) is 7.88. The standard InChI is InChI=1S/C12H19NO3S/c1-10-5-6-11(2)12(9-10)13-7-3-4-8-17(14,15)16/h5-6,9,13H,3-4,7-8H2,1-2H3,(H,14,15,16). The monoisotopic (exact) mass is 257 g/mol. The van der Waals surface area contributed by atoms with Gasteiger partial charge in [0, 0.05) is 12.2 Å². The Balaban J connectivity index is 2.34. The molecular formula is C12H19NO3S. The Kier molecular flexibility index (Phi) is 4.96. The molecule has 0 saturated heterocycles. The molecule has 0 amide bonds. The largest absolute Gasteiger partial charge is 0.385 e. The predicted octanol–water partition coefficient (Wildman–Crippen LogP) is 2.38. The minimum Gasteiger partial charge on any atom is -0.385 e. The molecule has 1 aromatic carbocycles. The average molecular weight is 257 g/mol. The van der Waals surface area contributed by atoms with Crippen molar-refractivity contribution in [3.63, 3.8) is 0 Å². The van der Waals surface area contributed by atoms with Crippen LogP contribution >= 0.6 is 0 Å². The zero-order valence-electron chi connectivity index (χ0n) is 10.2. The Morgan fingerprint density at radius 1 is 1.24 bits per heavy atom. The van der Waals surface area contributed by atoms with Crippen molar-refractivity contribution >= 4 is 15.8 Å². The summed E-state index contributed by atoms with van der Waals surface area (Å²) in [6.07, 6.45) is 1.18. The van der Waals surface area contributed by atoms with Gasteiger partial charge in [-0.15, -0.1) is 0 Å². The third-order valence-corrected chi connectivity index (χ3v) is 3.34. The molecule has 0 aromatic heterocycles. The molecule has 0 aliphatic heterocycles. The molecule has 0 unspecified atom stereocenters. The van der Waals surface area contributed by atoms with Gasteiger partial charge in [0.15, 0.2) is 0 Å². The van der Waals surface area contributed by atoms with E-state index in [2.05, 4.69) is 23.5 Å². The highest BCUT2D eigenvalue weighted by molar-refractivity contribution is 7.85. The summed E-state index contributed by atoms with van der Waals surface area (Å²) in [6.45, 7) is 4.77. The lowest BCUT2D eigenvalue weighted by Crippen LogP contribution is -2.08. The van der Waals surface area contributed by atoms with Crippen LogP contribution in [0, 0.1) is 13.8 Å². The van der Waals surface area contributed by atoms with E-state index < -0.39 is 10.1 Å². The van der Waals surface area contributed by atoms with Crippen LogP contribution in [0.4, 0.5) is 5.69 Å². The molecule has 0 atom stereocenters. The summed E-state index contributed by atoms with van der Waals surface area (Å²) in [5.41, 5.74) is 3.44. The first-order valence-electron chi connectivity index (χ1n) is 5.65. The Labute approximate surface area is 103 Å². The third-order valence-electron chi connectivity index (χ3n) is 2.54. The van der Waals surface area contributed by atoms with E-state index in [4.69, 9.17) is 4.55 Å². The van der Waals surface area contributed by atoms with E-state index in [-0.39, 0.29) is 5.75 Å². The Morgan fingerprint density at radius 3 is 2.59 bits per heavy atom. The van der Waals surface area contributed by atoms with E-state index in [1.807, 2.05) is 13.8 Å². The second-order valence-electron chi connectivity index (χ2n) is 4.24. The average Bonchev–Trinajstić information content (AvgIpc) is 2.21. The van der Waals surface area contributed by atoms with Crippen molar-refractivity contribution in [2.75, 3.05) is 17.6 Å². The summed E-state index contributed by atoms with van der Waals surface area (Å²) < 4.78 is 29.6. The number of benzene rings is 1. The van der Waals surface area contributed by atoms with Crippen molar-refractivity contribution in [3.05, 3.63) is 29.3 Å². The Morgan fingerprint density at radius 2 is 1.94 bits per heavy atom. The van der Waals surface area contributed by atoms with Gasteiger partial charge in [-0.1, -0.05) is 12.1 Å². The summed E-state index contributed by atoms with van der Waals surface area (Å²) in [4.78, 5) is 0. The fourth-order valence-corrected chi connectivity index (χ4v) is 2.13. The molecule has 2 N–H and O–H groups in total.